The highest BCUT2D eigenvalue weighted by Gasteiger charge is 2.10. The van der Waals surface area contributed by atoms with Gasteiger partial charge in [0.2, 0.25) is 5.91 Å². The van der Waals surface area contributed by atoms with Crippen molar-refractivity contribution >= 4 is 69.0 Å². The Morgan fingerprint density at radius 1 is 1.00 bits per heavy atom. The number of phenolic OH excluding ortho intramolecular Hbond substituents is 1. The maximum atomic E-state index is 12.3. The maximum absolute atomic E-state index is 12.3. The first-order valence-electron chi connectivity index (χ1n) is 9.46. The molecule has 32 heavy (non-hydrogen) atoms. The van der Waals surface area contributed by atoms with Gasteiger partial charge in [-0.3, -0.25) is 10.1 Å². The molecule has 0 saturated carbocycles. The third-order valence-corrected chi connectivity index (χ3v) is 5.20. The van der Waals surface area contributed by atoms with Crippen LogP contribution in [-0.2, 0) is 4.79 Å². The molecule has 0 unspecified atom stereocenters. The van der Waals surface area contributed by atoms with Crippen LogP contribution in [0.15, 0.2) is 77.2 Å². The molecule has 4 aromatic rings. The lowest BCUT2D eigenvalue weighted by Crippen LogP contribution is -2.32. The van der Waals surface area contributed by atoms with Crippen molar-refractivity contribution in [2.24, 2.45) is 0 Å². The molecule has 0 fully saturated rings. The predicted octanol–water partition coefficient (Wildman–Crippen LogP) is 6.64. The number of amides is 1. The van der Waals surface area contributed by atoms with Crippen LogP contribution in [0.25, 0.3) is 28.2 Å². The van der Waals surface area contributed by atoms with E-state index in [1.165, 1.54) is 12.2 Å². The summed E-state index contributed by atoms with van der Waals surface area (Å²) in [5, 5.41) is 18.4. The number of thiocarbonyl (C=S) groups is 1. The van der Waals surface area contributed by atoms with Crippen molar-refractivity contribution in [2.75, 3.05) is 5.32 Å². The molecule has 0 radical (unpaired) electrons. The molecule has 5 nitrogen and oxygen atoms in total. The molecule has 0 aliphatic heterocycles. The van der Waals surface area contributed by atoms with Gasteiger partial charge in [0, 0.05) is 27.1 Å². The van der Waals surface area contributed by atoms with Gasteiger partial charge in [-0.2, -0.15) is 0 Å². The average Bonchev–Trinajstić information content (AvgIpc) is 3.23. The Bertz CT molecular complexity index is 1340. The van der Waals surface area contributed by atoms with E-state index in [1.54, 1.807) is 42.5 Å². The fourth-order valence-corrected chi connectivity index (χ4v) is 3.87. The molecule has 0 atom stereocenters. The summed E-state index contributed by atoms with van der Waals surface area (Å²) in [6.07, 6.45) is 2.81. The Labute approximate surface area is 199 Å². The van der Waals surface area contributed by atoms with Gasteiger partial charge in [-0.05, 0) is 60.1 Å². The van der Waals surface area contributed by atoms with Gasteiger partial charge < -0.3 is 14.8 Å². The number of aromatic hydroxyl groups is 1. The first kappa shape index (κ1) is 21.9. The van der Waals surface area contributed by atoms with Gasteiger partial charge in [0.25, 0.3) is 0 Å². The van der Waals surface area contributed by atoms with Crippen LogP contribution in [0.2, 0.25) is 10.0 Å². The summed E-state index contributed by atoms with van der Waals surface area (Å²) < 4.78 is 5.73. The Balaban J connectivity index is 1.42. The number of fused-ring (bicyclic) bond motifs is 1. The molecule has 1 heterocycles. The highest BCUT2D eigenvalue weighted by atomic mass is 35.5. The highest BCUT2D eigenvalue weighted by Crippen LogP contribution is 2.32. The van der Waals surface area contributed by atoms with Crippen molar-refractivity contribution in [3.05, 3.63) is 88.6 Å². The predicted molar refractivity (Wildman–Crippen MR) is 133 cm³/mol. The summed E-state index contributed by atoms with van der Waals surface area (Å²) in [7, 11) is 0. The van der Waals surface area contributed by atoms with Crippen LogP contribution in [0.3, 0.4) is 0 Å². The van der Waals surface area contributed by atoms with E-state index in [9.17, 15) is 9.90 Å². The number of hydrogen-bond acceptors (Lipinski definition) is 4. The highest BCUT2D eigenvalue weighted by molar-refractivity contribution is 7.80. The average molecular weight is 483 g/mol. The van der Waals surface area contributed by atoms with Crippen molar-refractivity contribution in [1.29, 1.82) is 0 Å². The number of carbonyl (C=O) groups is 1. The standard InChI is InChI=1S/C24H16Cl2N2O3S/c25-16-11-15(12-17(26)13-16)21-9-6-18(31-21)7-10-22(30)27-24(32)28-23-19-4-2-1-3-14(19)5-8-20(23)29/h1-13,29H,(H2,27,28,30,32)/b10-7+. The maximum Gasteiger partial charge on any atom is 0.250 e. The number of halogens is 2. The largest absolute Gasteiger partial charge is 0.506 e. The van der Waals surface area contributed by atoms with Gasteiger partial charge in [-0.15, -0.1) is 0 Å². The zero-order valence-corrected chi connectivity index (χ0v) is 18.8. The van der Waals surface area contributed by atoms with Crippen LogP contribution >= 0.6 is 35.4 Å². The Hall–Kier alpha value is -3.32. The van der Waals surface area contributed by atoms with Crippen molar-refractivity contribution in [3.63, 3.8) is 0 Å². The van der Waals surface area contributed by atoms with Crippen LogP contribution < -0.4 is 10.6 Å². The van der Waals surface area contributed by atoms with E-state index < -0.39 is 5.91 Å². The van der Waals surface area contributed by atoms with E-state index in [0.717, 1.165) is 16.3 Å². The number of furan rings is 1. The number of hydrogen-bond donors (Lipinski definition) is 3. The zero-order chi connectivity index (χ0) is 22.7. The lowest BCUT2D eigenvalue weighted by molar-refractivity contribution is -0.115. The van der Waals surface area contributed by atoms with Gasteiger partial charge in [0.05, 0.1) is 5.69 Å². The Morgan fingerprint density at radius 3 is 2.53 bits per heavy atom. The van der Waals surface area contributed by atoms with Crippen LogP contribution in [0.5, 0.6) is 5.75 Å². The molecule has 0 aliphatic rings. The van der Waals surface area contributed by atoms with E-state index >= 15 is 0 Å². The Kier molecular flexibility index (Phi) is 6.46. The molecule has 3 aromatic carbocycles. The second-order valence-corrected chi connectivity index (χ2v) is 8.10. The molecule has 1 amide bonds. The van der Waals surface area contributed by atoms with Crippen molar-refractivity contribution < 1.29 is 14.3 Å². The number of nitrogens with one attached hydrogen (secondary N) is 2. The minimum atomic E-state index is -0.453. The smallest absolute Gasteiger partial charge is 0.250 e. The molecule has 0 aliphatic carbocycles. The molecule has 4 rings (SSSR count). The zero-order valence-electron chi connectivity index (χ0n) is 16.4. The number of anilines is 1. The van der Waals surface area contributed by atoms with Gasteiger partial charge in [0.1, 0.15) is 17.3 Å². The molecule has 0 bridgehead atoms. The lowest BCUT2D eigenvalue weighted by Gasteiger charge is -2.12. The molecular formula is C24H16Cl2N2O3S. The molecule has 1 aromatic heterocycles. The first-order valence-corrected chi connectivity index (χ1v) is 10.6. The van der Waals surface area contributed by atoms with Crippen molar-refractivity contribution in [3.8, 4) is 17.1 Å². The number of carbonyl (C=O) groups excluding carboxylic acids is 1. The van der Waals surface area contributed by atoms with Crippen LogP contribution in [-0.4, -0.2) is 16.1 Å². The topological polar surface area (TPSA) is 74.5 Å². The van der Waals surface area contributed by atoms with E-state index in [1.807, 2.05) is 24.3 Å². The summed E-state index contributed by atoms with van der Waals surface area (Å²) in [4.78, 5) is 12.3. The molecular weight excluding hydrogens is 467 g/mol. The lowest BCUT2D eigenvalue weighted by atomic mass is 10.1. The third-order valence-electron chi connectivity index (χ3n) is 4.56. The molecule has 0 saturated heterocycles. The van der Waals surface area contributed by atoms with E-state index in [4.69, 9.17) is 39.8 Å². The minimum Gasteiger partial charge on any atom is -0.506 e. The summed E-state index contributed by atoms with van der Waals surface area (Å²) in [5.41, 5.74) is 1.15. The summed E-state index contributed by atoms with van der Waals surface area (Å²) >= 11 is 17.3. The number of rotatable bonds is 4. The van der Waals surface area contributed by atoms with Crippen molar-refractivity contribution in [1.82, 2.24) is 5.32 Å². The quantitative estimate of drug-likeness (QED) is 0.172. The van der Waals surface area contributed by atoms with Gasteiger partial charge in [-0.25, -0.2) is 0 Å². The fraction of sp³-hybridized carbons (Fsp3) is 0. The van der Waals surface area contributed by atoms with Gasteiger partial charge in [0.15, 0.2) is 5.11 Å². The summed E-state index contributed by atoms with van der Waals surface area (Å²) in [6, 6.07) is 19.5. The summed E-state index contributed by atoms with van der Waals surface area (Å²) in [5.74, 6) is 0.612. The van der Waals surface area contributed by atoms with Gasteiger partial charge in [-0.1, -0.05) is 53.5 Å². The monoisotopic (exact) mass is 482 g/mol. The van der Waals surface area contributed by atoms with Crippen LogP contribution in [0, 0.1) is 0 Å². The van der Waals surface area contributed by atoms with Crippen LogP contribution in [0.4, 0.5) is 5.69 Å². The van der Waals surface area contributed by atoms with Gasteiger partial charge >= 0.3 is 0 Å². The second kappa shape index (κ2) is 9.44. The normalized spacial score (nSPS) is 11.1. The first-order chi connectivity index (χ1) is 15.4. The SMILES string of the molecule is O=C(/C=C/c1ccc(-c2cc(Cl)cc(Cl)c2)o1)NC(=S)Nc1c(O)ccc2ccccc12. The number of benzene rings is 3. The molecule has 0 spiro atoms. The van der Waals surface area contributed by atoms with E-state index in [0.29, 0.717) is 27.3 Å². The second-order valence-electron chi connectivity index (χ2n) is 6.82. The molecule has 3 N–H and O–H groups in total. The third kappa shape index (κ3) is 5.11. The van der Waals surface area contributed by atoms with E-state index in [-0.39, 0.29) is 10.9 Å². The van der Waals surface area contributed by atoms with E-state index in [2.05, 4.69) is 10.6 Å². The van der Waals surface area contributed by atoms with Crippen LogP contribution in [0.1, 0.15) is 5.76 Å². The number of phenols is 1. The molecule has 160 valence electrons. The summed E-state index contributed by atoms with van der Waals surface area (Å²) in [6.45, 7) is 0. The van der Waals surface area contributed by atoms with Crippen molar-refractivity contribution in [2.45, 2.75) is 0 Å². The molecule has 8 heteroatoms. The Morgan fingerprint density at radius 2 is 1.75 bits per heavy atom. The fourth-order valence-electron chi connectivity index (χ4n) is 3.14. The minimum absolute atomic E-state index is 0.0278.